The third kappa shape index (κ3) is 5.33. The maximum absolute atomic E-state index is 13.3. The smallest absolute Gasteiger partial charge is 0.228 e. The molecule has 3 aromatic rings. The van der Waals surface area contributed by atoms with Gasteiger partial charge in [-0.1, -0.05) is 65.3 Å². The molecule has 2 aromatic carbocycles. The molecule has 1 aliphatic heterocycles. The van der Waals surface area contributed by atoms with Crippen LogP contribution < -0.4 is 5.32 Å². The van der Waals surface area contributed by atoms with Crippen LogP contribution in [-0.2, 0) is 22.4 Å². The minimum atomic E-state index is -0.732. The largest absolute Gasteiger partial charge is 0.361 e. The minimum absolute atomic E-state index is 0.0317. The predicted molar refractivity (Wildman–Crippen MR) is 127 cm³/mol. The van der Waals surface area contributed by atoms with Crippen molar-refractivity contribution >= 4 is 11.8 Å². The van der Waals surface area contributed by atoms with Gasteiger partial charge in [-0.15, -0.1) is 0 Å². The number of benzene rings is 2. The maximum atomic E-state index is 13.3. The Kier molecular flexibility index (Phi) is 6.92. The summed E-state index contributed by atoms with van der Waals surface area (Å²) >= 11 is 0. The number of rotatable bonds is 7. The third-order valence-electron chi connectivity index (χ3n) is 6.33. The number of piperidine rings is 1. The lowest BCUT2D eigenvalue weighted by Crippen LogP contribution is -2.54. The van der Waals surface area contributed by atoms with Gasteiger partial charge in [-0.3, -0.25) is 9.59 Å². The van der Waals surface area contributed by atoms with Crippen LogP contribution in [0.3, 0.4) is 0 Å². The highest BCUT2D eigenvalue weighted by Gasteiger charge is 2.44. The average molecular weight is 446 g/mol. The molecule has 172 valence electrons. The second kappa shape index (κ2) is 10.0. The fourth-order valence-corrected chi connectivity index (χ4v) is 4.69. The molecule has 1 atom stereocenters. The van der Waals surface area contributed by atoms with Crippen LogP contribution >= 0.6 is 0 Å². The highest BCUT2D eigenvalue weighted by atomic mass is 16.5. The number of aryl methyl sites for hydroxylation is 1. The van der Waals surface area contributed by atoms with Gasteiger partial charge in [-0.25, -0.2) is 0 Å². The van der Waals surface area contributed by atoms with Crippen LogP contribution in [0.1, 0.15) is 36.7 Å². The van der Waals surface area contributed by atoms with Gasteiger partial charge in [0.05, 0.1) is 11.8 Å². The zero-order chi connectivity index (χ0) is 23.3. The van der Waals surface area contributed by atoms with Crippen LogP contribution in [0.15, 0.2) is 65.2 Å². The van der Waals surface area contributed by atoms with Crippen molar-refractivity contribution in [3.05, 3.63) is 77.6 Å². The van der Waals surface area contributed by atoms with Crippen LogP contribution in [0, 0.1) is 12.3 Å². The van der Waals surface area contributed by atoms with Crippen molar-refractivity contribution in [1.29, 1.82) is 0 Å². The summed E-state index contributed by atoms with van der Waals surface area (Å²) in [7, 11) is 0. The van der Waals surface area contributed by atoms with E-state index in [1.165, 1.54) is 0 Å². The Morgan fingerprint density at radius 2 is 1.94 bits per heavy atom. The molecule has 0 spiro atoms. The zero-order valence-electron chi connectivity index (χ0n) is 19.3. The quantitative estimate of drug-likeness (QED) is 0.592. The van der Waals surface area contributed by atoms with E-state index in [1.54, 1.807) is 0 Å². The number of amides is 2. The zero-order valence-corrected chi connectivity index (χ0v) is 19.3. The van der Waals surface area contributed by atoms with Crippen LogP contribution in [0.2, 0.25) is 0 Å². The first-order valence-electron chi connectivity index (χ1n) is 11.6. The lowest BCUT2D eigenvalue weighted by atomic mass is 9.75. The Morgan fingerprint density at radius 1 is 1.12 bits per heavy atom. The van der Waals surface area contributed by atoms with E-state index in [0.717, 1.165) is 28.8 Å². The normalized spacial score (nSPS) is 18.2. The van der Waals surface area contributed by atoms with E-state index in [0.29, 0.717) is 44.7 Å². The van der Waals surface area contributed by atoms with Gasteiger partial charge >= 0.3 is 0 Å². The number of carbonyl (C=O) groups excluding carboxylic acids is 2. The molecular weight excluding hydrogens is 414 g/mol. The summed E-state index contributed by atoms with van der Waals surface area (Å²) in [5.74, 6) is 0.681. The van der Waals surface area contributed by atoms with E-state index < -0.39 is 5.41 Å². The molecular formula is C27H31N3O3. The van der Waals surface area contributed by atoms with E-state index in [9.17, 15) is 9.59 Å². The summed E-state index contributed by atoms with van der Waals surface area (Å²) in [5, 5.41) is 7.21. The molecule has 1 saturated heterocycles. The van der Waals surface area contributed by atoms with Crippen molar-refractivity contribution in [2.75, 3.05) is 19.6 Å². The first kappa shape index (κ1) is 22.8. The van der Waals surface area contributed by atoms with Gasteiger partial charge in [0.1, 0.15) is 11.5 Å². The highest BCUT2D eigenvalue weighted by Crippen LogP contribution is 2.35. The summed E-state index contributed by atoms with van der Waals surface area (Å²) in [6.45, 7) is 5.53. The van der Waals surface area contributed by atoms with Gasteiger partial charge in [0.25, 0.3) is 0 Å². The Morgan fingerprint density at radius 3 is 2.70 bits per heavy atom. The van der Waals surface area contributed by atoms with Crippen LogP contribution in [0.4, 0.5) is 0 Å². The molecule has 4 rings (SSSR count). The summed E-state index contributed by atoms with van der Waals surface area (Å²) in [5.41, 5.74) is 3.12. The van der Waals surface area contributed by atoms with Gasteiger partial charge in [-0.05, 0) is 32.3 Å². The number of nitrogens with one attached hydrogen (secondary N) is 1. The van der Waals surface area contributed by atoms with Gasteiger partial charge in [0, 0.05) is 37.7 Å². The Bertz CT molecular complexity index is 1110. The second-order valence-corrected chi connectivity index (χ2v) is 8.95. The molecule has 0 radical (unpaired) electrons. The predicted octanol–water partition coefficient (Wildman–Crippen LogP) is 4.18. The van der Waals surface area contributed by atoms with Crippen molar-refractivity contribution in [1.82, 2.24) is 15.4 Å². The van der Waals surface area contributed by atoms with Crippen molar-refractivity contribution in [3.8, 4) is 11.3 Å². The van der Waals surface area contributed by atoms with E-state index in [-0.39, 0.29) is 11.8 Å². The molecule has 1 N–H and O–H groups in total. The Labute approximate surface area is 195 Å². The minimum Gasteiger partial charge on any atom is -0.361 e. The summed E-state index contributed by atoms with van der Waals surface area (Å²) in [6, 6.07) is 19.8. The summed E-state index contributed by atoms with van der Waals surface area (Å²) in [6.07, 6.45) is 2.23. The number of likely N-dealkylation sites (tertiary alicyclic amines) is 1. The lowest BCUT2D eigenvalue weighted by Gasteiger charge is -2.41. The van der Waals surface area contributed by atoms with Gasteiger partial charge in [-0.2, -0.15) is 0 Å². The fraction of sp³-hybridized carbons (Fsp3) is 0.370. The molecule has 0 unspecified atom stereocenters. The van der Waals surface area contributed by atoms with Gasteiger partial charge in [0.15, 0.2) is 0 Å². The Balaban J connectivity index is 1.54. The summed E-state index contributed by atoms with van der Waals surface area (Å²) in [4.78, 5) is 28.3. The standard InChI is InChI=1S/C27H31N3O3/c1-3-28-26(32)27(18-23-17-24(29-33-23)22-11-5-4-6-12-22)13-8-14-30(19-27)25(31)16-21-10-7-9-20(2)15-21/h4-7,9-12,15,17H,3,8,13-14,16,18-19H2,1-2H3,(H,28,32)/t27-/m0/s1. The molecule has 0 aliphatic carbocycles. The number of hydrogen-bond donors (Lipinski definition) is 1. The molecule has 6 heteroatoms. The molecule has 1 aromatic heterocycles. The molecule has 1 fully saturated rings. The molecule has 1 aliphatic rings. The summed E-state index contributed by atoms with van der Waals surface area (Å²) < 4.78 is 5.65. The highest BCUT2D eigenvalue weighted by molar-refractivity contribution is 5.85. The van der Waals surface area contributed by atoms with Crippen molar-refractivity contribution < 1.29 is 14.1 Å². The first-order chi connectivity index (χ1) is 16.0. The molecule has 2 amide bonds. The lowest BCUT2D eigenvalue weighted by molar-refractivity contribution is -0.141. The maximum Gasteiger partial charge on any atom is 0.228 e. The molecule has 0 saturated carbocycles. The SMILES string of the molecule is CCNC(=O)[C@]1(Cc2cc(-c3ccccc3)no2)CCCN(C(=O)Cc2cccc(C)c2)C1. The van der Waals surface area contributed by atoms with Crippen molar-refractivity contribution in [2.45, 2.75) is 39.5 Å². The number of aromatic nitrogens is 1. The van der Waals surface area contributed by atoms with E-state index in [2.05, 4.69) is 10.5 Å². The van der Waals surface area contributed by atoms with Crippen LogP contribution in [-0.4, -0.2) is 41.5 Å². The van der Waals surface area contributed by atoms with Crippen LogP contribution in [0.25, 0.3) is 11.3 Å². The number of carbonyl (C=O) groups is 2. The first-order valence-corrected chi connectivity index (χ1v) is 11.6. The van der Waals surface area contributed by atoms with E-state index in [1.807, 2.05) is 79.4 Å². The Hall–Kier alpha value is -3.41. The van der Waals surface area contributed by atoms with Gasteiger partial charge < -0.3 is 14.7 Å². The fourth-order valence-electron chi connectivity index (χ4n) is 4.69. The molecule has 6 nitrogen and oxygen atoms in total. The van der Waals surface area contributed by atoms with Crippen molar-refractivity contribution in [2.24, 2.45) is 5.41 Å². The number of hydrogen-bond acceptors (Lipinski definition) is 4. The molecule has 0 bridgehead atoms. The van der Waals surface area contributed by atoms with E-state index in [4.69, 9.17) is 4.52 Å². The van der Waals surface area contributed by atoms with Crippen molar-refractivity contribution in [3.63, 3.8) is 0 Å². The monoisotopic (exact) mass is 445 g/mol. The molecule has 2 heterocycles. The van der Waals surface area contributed by atoms with Gasteiger partial charge in [0.2, 0.25) is 11.8 Å². The third-order valence-corrected chi connectivity index (χ3v) is 6.33. The number of nitrogens with zero attached hydrogens (tertiary/aromatic N) is 2. The average Bonchev–Trinajstić information content (AvgIpc) is 3.28. The molecule has 33 heavy (non-hydrogen) atoms. The topological polar surface area (TPSA) is 75.4 Å². The van der Waals surface area contributed by atoms with Crippen LogP contribution in [0.5, 0.6) is 0 Å². The van der Waals surface area contributed by atoms with E-state index >= 15 is 0 Å². The second-order valence-electron chi connectivity index (χ2n) is 8.95.